The number of rotatable bonds is 6. The third kappa shape index (κ3) is 3.99. The van der Waals surface area contributed by atoms with Crippen molar-refractivity contribution in [3.05, 3.63) is 81.6 Å². The van der Waals surface area contributed by atoms with Crippen molar-refractivity contribution < 1.29 is 44.7 Å². The van der Waals surface area contributed by atoms with Crippen molar-refractivity contribution in [1.82, 2.24) is 4.90 Å². The number of phenols is 1. The summed E-state index contributed by atoms with van der Waals surface area (Å²) in [6.45, 7) is 1.66. The molecule has 220 valence electrons. The molecule has 1 fully saturated rings. The maximum atomic E-state index is 14.1. The van der Waals surface area contributed by atoms with Crippen molar-refractivity contribution in [3.63, 3.8) is 0 Å². The lowest BCUT2D eigenvalue weighted by Crippen LogP contribution is -2.70. The Labute approximate surface area is 241 Å². The van der Waals surface area contributed by atoms with Gasteiger partial charge in [0.1, 0.15) is 22.8 Å². The minimum Gasteiger partial charge on any atom is -0.508 e. The molecular formula is C31H32N2O9. The Balaban J connectivity index is 1.63. The van der Waals surface area contributed by atoms with Crippen molar-refractivity contribution in [2.75, 3.05) is 14.1 Å². The van der Waals surface area contributed by atoms with Crippen molar-refractivity contribution in [1.29, 1.82) is 0 Å². The van der Waals surface area contributed by atoms with Crippen LogP contribution in [0.5, 0.6) is 5.75 Å². The normalized spacial score (nSPS) is 28.9. The lowest BCUT2D eigenvalue weighted by Gasteiger charge is -2.53. The highest BCUT2D eigenvalue weighted by molar-refractivity contribution is 6.24. The predicted molar refractivity (Wildman–Crippen MR) is 149 cm³/mol. The monoisotopic (exact) mass is 576 g/mol. The van der Waals surface area contributed by atoms with E-state index in [1.54, 1.807) is 49.4 Å². The molecular weight excluding hydrogens is 544 g/mol. The van der Waals surface area contributed by atoms with Crippen LogP contribution in [0.4, 0.5) is 0 Å². The van der Waals surface area contributed by atoms with Crippen LogP contribution in [0.3, 0.4) is 0 Å². The molecule has 11 nitrogen and oxygen atoms in total. The molecule has 2 aromatic rings. The van der Waals surface area contributed by atoms with Crippen LogP contribution in [-0.4, -0.2) is 85.5 Å². The summed E-state index contributed by atoms with van der Waals surface area (Å²) >= 11 is 0. The molecule has 0 aromatic heterocycles. The van der Waals surface area contributed by atoms with Crippen molar-refractivity contribution >= 4 is 29.0 Å². The Morgan fingerprint density at radius 3 is 2.26 bits per heavy atom. The van der Waals surface area contributed by atoms with Gasteiger partial charge in [-0.05, 0) is 37.6 Å². The van der Waals surface area contributed by atoms with E-state index in [1.807, 2.05) is 0 Å². The summed E-state index contributed by atoms with van der Waals surface area (Å²) in [7, 11) is 2.90. The van der Waals surface area contributed by atoms with E-state index in [9.17, 15) is 44.7 Å². The number of amides is 1. The van der Waals surface area contributed by atoms with Crippen LogP contribution in [0.2, 0.25) is 0 Å². The van der Waals surface area contributed by atoms with Crippen LogP contribution in [0, 0.1) is 11.8 Å². The zero-order valence-corrected chi connectivity index (χ0v) is 23.2. The first kappa shape index (κ1) is 29.2. The number of Topliss-reactive ketones (excluding diaryl/α,β-unsaturated/α-hetero) is 3. The van der Waals surface area contributed by atoms with Gasteiger partial charge in [0.15, 0.2) is 17.2 Å². The number of ketones is 3. The molecule has 7 N–H and O–H groups in total. The van der Waals surface area contributed by atoms with Crippen LogP contribution in [0.25, 0.3) is 5.76 Å². The zero-order valence-electron chi connectivity index (χ0n) is 23.2. The van der Waals surface area contributed by atoms with Gasteiger partial charge in [-0.25, -0.2) is 0 Å². The largest absolute Gasteiger partial charge is 0.508 e. The van der Waals surface area contributed by atoms with E-state index in [1.165, 1.54) is 19.0 Å². The number of aliphatic hydroxyl groups is 4. The fraction of sp³-hybridized carbons (Fsp3) is 0.355. The molecule has 0 bridgehead atoms. The SMILES string of the molecule is C[C@@H]1c2ccc(CCC(=O)c3ccccc3)c(O)c2C(O)=C2C(=O)[C@]3(O)C(O)=C(C(N)=O)C(=O)[C@H](N(C)C)[C@@H]3[C@H](O)[C@@H]21. The molecule has 3 aliphatic carbocycles. The van der Waals surface area contributed by atoms with E-state index in [0.29, 0.717) is 16.7 Å². The highest BCUT2D eigenvalue weighted by atomic mass is 16.4. The van der Waals surface area contributed by atoms with E-state index in [0.717, 1.165) is 0 Å². The minimum atomic E-state index is -2.97. The molecule has 0 radical (unpaired) electrons. The quantitative estimate of drug-likeness (QED) is 0.215. The second-order valence-corrected chi connectivity index (χ2v) is 11.4. The maximum Gasteiger partial charge on any atom is 0.255 e. The van der Waals surface area contributed by atoms with Crippen molar-refractivity contribution in [2.45, 2.75) is 43.4 Å². The number of aryl methyl sites for hydroxylation is 1. The molecule has 1 saturated carbocycles. The summed E-state index contributed by atoms with van der Waals surface area (Å²) in [6.07, 6.45) is -1.49. The van der Waals surface area contributed by atoms with Gasteiger partial charge in [-0.2, -0.15) is 0 Å². The third-order valence-corrected chi connectivity index (χ3v) is 8.93. The molecule has 0 aliphatic heterocycles. The van der Waals surface area contributed by atoms with Gasteiger partial charge in [0.2, 0.25) is 5.78 Å². The summed E-state index contributed by atoms with van der Waals surface area (Å²) in [5.74, 6) is -9.55. The van der Waals surface area contributed by atoms with Crippen LogP contribution in [0.15, 0.2) is 59.4 Å². The Bertz CT molecular complexity index is 1590. The summed E-state index contributed by atoms with van der Waals surface area (Å²) in [6, 6.07) is 10.4. The first-order valence-corrected chi connectivity index (χ1v) is 13.5. The topological polar surface area (TPSA) is 199 Å². The zero-order chi connectivity index (χ0) is 30.8. The van der Waals surface area contributed by atoms with Gasteiger partial charge < -0.3 is 31.3 Å². The minimum absolute atomic E-state index is 0.0550. The van der Waals surface area contributed by atoms with E-state index < -0.39 is 75.6 Å². The number of carbonyl (C=O) groups is 4. The Hall–Kier alpha value is -4.32. The van der Waals surface area contributed by atoms with E-state index >= 15 is 0 Å². The summed E-state index contributed by atoms with van der Waals surface area (Å²) < 4.78 is 0. The second kappa shape index (κ2) is 10.2. The number of fused-ring (bicyclic) bond motifs is 3. The smallest absolute Gasteiger partial charge is 0.255 e. The number of aliphatic hydroxyl groups excluding tert-OH is 3. The van der Waals surface area contributed by atoms with Crippen LogP contribution < -0.4 is 5.73 Å². The van der Waals surface area contributed by atoms with Gasteiger partial charge in [-0.3, -0.25) is 24.1 Å². The first-order valence-electron chi connectivity index (χ1n) is 13.5. The summed E-state index contributed by atoms with van der Waals surface area (Å²) in [5.41, 5.74) is 2.06. The van der Waals surface area contributed by atoms with Crippen LogP contribution in [0.1, 0.15) is 46.3 Å². The van der Waals surface area contributed by atoms with Gasteiger partial charge in [0.25, 0.3) is 5.91 Å². The highest BCUT2D eigenvalue weighted by Gasteiger charge is 2.68. The van der Waals surface area contributed by atoms with Gasteiger partial charge in [-0.15, -0.1) is 0 Å². The number of aromatic hydroxyl groups is 1. The van der Waals surface area contributed by atoms with Crippen LogP contribution in [-0.2, 0) is 20.8 Å². The molecule has 1 amide bonds. The molecule has 11 heteroatoms. The summed E-state index contributed by atoms with van der Waals surface area (Å²) in [5, 5.41) is 57.1. The van der Waals surface area contributed by atoms with E-state index in [4.69, 9.17) is 5.73 Å². The number of benzene rings is 2. The first-order chi connectivity index (χ1) is 19.7. The number of phenolic OH excluding ortho intramolecular Hbond substituents is 1. The Morgan fingerprint density at radius 2 is 1.67 bits per heavy atom. The molecule has 6 atom stereocenters. The number of likely N-dealkylation sites (N-methyl/N-ethyl adjacent to an activating group) is 1. The van der Waals surface area contributed by atoms with Gasteiger partial charge >= 0.3 is 0 Å². The number of carbonyl (C=O) groups excluding carboxylic acids is 4. The average Bonchev–Trinajstić information content (AvgIpc) is 2.94. The lowest BCUT2D eigenvalue weighted by molar-refractivity contribution is -0.169. The lowest BCUT2D eigenvalue weighted by atomic mass is 9.54. The summed E-state index contributed by atoms with van der Waals surface area (Å²) in [4.78, 5) is 53.4. The van der Waals surface area contributed by atoms with Crippen LogP contribution >= 0.6 is 0 Å². The number of primary amides is 1. The standard InChI is InChI=1S/C31H32N2O9/c1-13-16-11-9-15(10-12-17(34)14-7-5-4-6-8-14)24(35)19(16)25(36)20-18(13)26(37)22-23(33(2)3)27(38)21(30(32)41)29(40)31(22,42)28(20)39/h4-9,11,13,18,22-23,26,35-37,40,42H,10,12H2,1-3H3,(H2,32,41)/t13-,18-,22-,23-,26-,31+/m1/s1. The Morgan fingerprint density at radius 1 is 1.02 bits per heavy atom. The molecule has 3 aliphatic rings. The van der Waals surface area contributed by atoms with E-state index in [-0.39, 0.29) is 29.9 Å². The van der Waals surface area contributed by atoms with Gasteiger partial charge in [0, 0.05) is 23.5 Å². The molecule has 0 unspecified atom stereocenters. The molecule has 0 saturated heterocycles. The molecule has 2 aromatic carbocycles. The molecule has 5 rings (SSSR count). The number of hydrogen-bond acceptors (Lipinski definition) is 10. The second-order valence-electron chi connectivity index (χ2n) is 11.4. The molecule has 0 spiro atoms. The van der Waals surface area contributed by atoms with Crippen molar-refractivity contribution in [3.8, 4) is 5.75 Å². The van der Waals surface area contributed by atoms with Gasteiger partial charge in [-0.1, -0.05) is 49.4 Å². The third-order valence-electron chi connectivity index (χ3n) is 8.93. The van der Waals surface area contributed by atoms with E-state index in [2.05, 4.69) is 0 Å². The number of nitrogens with two attached hydrogens (primary N) is 1. The fourth-order valence-corrected chi connectivity index (χ4v) is 6.88. The highest BCUT2D eigenvalue weighted by Crippen LogP contribution is 2.56. The van der Waals surface area contributed by atoms with Crippen molar-refractivity contribution in [2.24, 2.45) is 17.6 Å². The Kier molecular flexibility index (Phi) is 7.08. The average molecular weight is 577 g/mol. The molecule has 0 heterocycles. The predicted octanol–water partition coefficient (Wildman–Crippen LogP) is 1.31. The van der Waals surface area contributed by atoms with Gasteiger partial charge in [0.05, 0.1) is 23.6 Å². The number of hydrogen-bond donors (Lipinski definition) is 6. The number of nitrogens with zero attached hydrogens (tertiary/aromatic N) is 1. The fourth-order valence-electron chi connectivity index (χ4n) is 6.88. The molecule has 42 heavy (non-hydrogen) atoms. The maximum absolute atomic E-state index is 14.1.